The van der Waals surface area contributed by atoms with E-state index in [1.165, 1.54) is 24.3 Å². The predicted octanol–water partition coefficient (Wildman–Crippen LogP) is 4.98. The van der Waals surface area contributed by atoms with Crippen LogP contribution in [0.2, 0.25) is 0 Å². The van der Waals surface area contributed by atoms with Crippen molar-refractivity contribution in [1.82, 2.24) is 10.2 Å². The van der Waals surface area contributed by atoms with Crippen LogP contribution >= 0.6 is 0 Å². The van der Waals surface area contributed by atoms with Crippen LogP contribution in [0, 0.1) is 11.3 Å². The Hall–Kier alpha value is -5.18. The molecule has 3 aromatic carbocycles. The van der Waals surface area contributed by atoms with E-state index in [0.717, 1.165) is 6.07 Å². The summed E-state index contributed by atoms with van der Waals surface area (Å²) >= 11 is 0. The summed E-state index contributed by atoms with van der Waals surface area (Å²) in [6.07, 6.45) is -5.24. The summed E-state index contributed by atoms with van der Waals surface area (Å²) in [6.45, 7) is 0.413. The van der Waals surface area contributed by atoms with Crippen molar-refractivity contribution in [3.8, 4) is 6.07 Å². The van der Waals surface area contributed by atoms with Gasteiger partial charge in [-0.15, -0.1) is 4.99 Å². The lowest BCUT2D eigenvalue weighted by Gasteiger charge is -2.33. The van der Waals surface area contributed by atoms with Gasteiger partial charge in [-0.3, -0.25) is 14.9 Å². The first-order valence-corrected chi connectivity index (χ1v) is 12.9. The highest BCUT2D eigenvalue weighted by Crippen LogP contribution is 2.39. The summed E-state index contributed by atoms with van der Waals surface area (Å²) in [5.74, 6) is -2.36. The van der Waals surface area contributed by atoms with Crippen molar-refractivity contribution in [1.29, 1.82) is 5.26 Å². The highest BCUT2D eigenvalue weighted by molar-refractivity contribution is 6.07. The fourth-order valence-electron chi connectivity index (χ4n) is 4.63. The van der Waals surface area contributed by atoms with Gasteiger partial charge in [0.25, 0.3) is 11.8 Å². The van der Waals surface area contributed by atoms with Gasteiger partial charge >= 0.3 is 12.3 Å². The number of carbonyl (C=O) groups is 3. The summed E-state index contributed by atoms with van der Waals surface area (Å²) in [5.41, 5.74) is 5.84. The van der Waals surface area contributed by atoms with Crippen LogP contribution < -0.4 is 11.1 Å². The molecule has 3 amide bonds. The molecule has 1 fully saturated rings. The first kappa shape index (κ1) is 29.8. The lowest BCUT2D eigenvalue weighted by molar-refractivity contribution is -0.138. The maximum atomic E-state index is 14.1. The number of amides is 3. The zero-order valence-electron chi connectivity index (χ0n) is 22.2. The van der Waals surface area contributed by atoms with Crippen LogP contribution in [0.1, 0.15) is 61.7 Å². The zero-order valence-corrected chi connectivity index (χ0v) is 22.2. The SMILES string of the molecule is N#Cc1ccc(C(=O)N2CCC(c3ccc(C(=O)NC(N)=NC(=O)OCc4ccccc4)cc3C(F)(F)F)CC2)cc1. The smallest absolute Gasteiger partial charge is 0.437 e. The Morgan fingerprint density at radius 2 is 1.64 bits per heavy atom. The summed E-state index contributed by atoms with van der Waals surface area (Å²) in [6, 6.07) is 20.1. The fourth-order valence-corrected chi connectivity index (χ4v) is 4.63. The molecule has 0 unspecified atom stereocenters. The van der Waals surface area contributed by atoms with Crippen LogP contribution in [0.15, 0.2) is 77.8 Å². The Labute approximate surface area is 239 Å². The molecule has 12 heteroatoms. The molecule has 3 aromatic rings. The largest absolute Gasteiger partial charge is 0.443 e. The number of benzene rings is 3. The van der Waals surface area contributed by atoms with Crippen LogP contribution in [-0.4, -0.2) is 41.9 Å². The topological polar surface area (TPSA) is 138 Å². The second-order valence-electron chi connectivity index (χ2n) is 9.55. The number of ether oxygens (including phenoxy) is 1. The molecule has 42 heavy (non-hydrogen) atoms. The average Bonchev–Trinajstić information content (AvgIpc) is 2.99. The first-order valence-electron chi connectivity index (χ1n) is 12.9. The minimum absolute atomic E-state index is 0.0238. The van der Waals surface area contributed by atoms with Crippen LogP contribution in [0.4, 0.5) is 18.0 Å². The van der Waals surface area contributed by atoms with E-state index in [4.69, 9.17) is 15.7 Å². The van der Waals surface area contributed by atoms with Crippen molar-refractivity contribution in [3.63, 3.8) is 0 Å². The van der Waals surface area contributed by atoms with Gasteiger partial charge in [0, 0.05) is 24.2 Å². The lowest BCUT2D eigenvalue weighted by Crippen LogP contribution is -2.38. The number of nitrogens with two attached hydrogens (primary N) is 1. The van der Waals surface area contributed by atoms with E-state index in [0.29, 0.717) is 29.5 Å². The molecule has 0 atom stereocenters. The second-order valence-corrected chi connectivity index (χ2v) is 9.55. The van der Waals surface area contributed by atoms with Crippen molar-refractivity contribution >= 4 is 23.9 Å². The van der Waals surface area contributed by atoms with Gasteiger partial charge in [0.05, 0.1) is 17.2 Å². The van der Waals surface area contributed by atoms with Gasteiger partial charge in [0.2, 0.25) is 5.96 Å². The van der Waals surface area contributed by atoms with E-state index in [1.54, 1.807) is 47.4 Å². The van der Waals surface area contributed by atoms with E-state index in [1.807, 2.05) is 6.07 Å². The third-order valence-corrected chi connectivity index (χ3v) is 6.76. The summed E-state index contributed by atoms with van der Waals surface area (Å²) in [7, 11) is 0. The van der Waals surface area contributed by atoms with E-state index in [-0.39, 0.29) is 36.7 Å². The molecule has 0 saturated carbocycles. The number of halogens is 3. The molecule has 0 aliphatic carbocycles. The lowest BCUT2D eigenvalue weighted by atomic mass is 9.85. The van der Waals surface area contributed by atoms with Crippen LogP contribution in [-0.2, 0) is 17.5 Å². The van der Waals surface area contributed by atoms with Crippen molar-refractivity contribution < 1.29 is 32.3 Å². The monoisotopic (exact) mass is 577 g/mol. The normalized spacial score (nSPS) is 14.1. The van der Waals surface area contributed by atoms with E-state index in [2.05, 4.69) is 10.3 Å². The molecule has 0 spiro atoms. The maximum Gasteiger partial charge on any atom is 0.437 e. The minimum atomic E-state index is -4.75. The number of piperidine rings is 1. The number of aliphatic imine (C=N–C) groups is 1. The van der Waals surface area contributed by atoms with Crippen molar-refractivity contribution in [2.75, 3.05) is 13.1 Å². The Morgan fingerprint density at radius 1 is 1.00 bits per heavy atom. The van der Waals surface area contributed by atoms with Gasteiger partial charge in [-0.1, -0.05) is 36.4 Å². The number of nitrogens with one attached hydrogen (secondary N) is 1. The zero-order chi connectivity index (χ0) is 30.3. The van der Waals surface area contributed by atoms with E-state index in [9.17, 15) is 27.6 Å². The van der Waals surface area contributed by atoms with Gasteiger partial charge in [-0.2, -0.15) is 18.4 Å². The van der Waals surface area contributed by atoms with Crippen molar-refractivity contribution in [2.24, 2.45) is 10.7 Å². The van der Waals surface area contributed by atoms with Crippen LogP contribution in [0.5, 0.6) is 0 Å². The van der Waals surface area contributed by atoms with Crippen molar-refractivity contribution in [3.05, 3.63) is 106 Å². The molecule has 4 rings (SSSR count). The molecule has 3 N–H and O–H groups in total. The summed E-state index contributed by atoms with van der Waals surface area (Å²) < 4.78 is 47.1. The minimum Gasteiger partial charge on any atom is -0.443 e. The molecule has 1 aliphatic heterocycles. The Morgan fingerprint density at radius 3 is 2.26 bits per heavy atom. The molecule has 0 radical (unpaired) electrons. The molecule has 1 aliphatic rings. The quantitative estimate of drug-likeness (QED) is 0.324. The number of hydrogen-bond donors (Lipinski definition) is 2. The Bertz CT molecular complexity index is 1530. The predicted molar refractivity (Wildman–Crippen MR) is 146 cm³/mol. The highest BCUT2D eigenvalue weighted by Gasteiger charge is 2.37. The van der Waals surface area contributed by atoms with Gasteiger partial charge in [-0.05, 0) is 66.3 Å². The molecule has 9 nitrogen and oxygen atoms in total. The molecular weight excluding hydrogens is 551 g/mol. The summed E-state index contributed by atoms with van der Waals surface area (Å²) in [4.78, 5) is 42.3. The number of hydrogen-bond acceptors (Lipinski definition) is 5. The van der Waals surface area contributed by atoms with Gasteiger partial charge < -0.3 is 15.4 Å². The Balaban J connectivity index is 1.40. The molecular formula is C30H26F3N5O4. The molecule has 0 aromatic heterocycles. The third kappa shape index (κ3) is 7.51. The number of alkyl halides is 3. The van der Waals surface area contributed by atoms with E-state index < -0.39 is 35.6 Å². The van der Waals surface area contributed by atoms with Gasteiger partial charge in [0.15, 0.2) is 0 Å². The van der Waals surface area contributed by atoms with Crippen molar-refractivity contribution in [2.45, 2.75) is 31.5 Å². The van der Waals surface area contributed by atoms with Gasteiger partial charge in [0.1, 0.15) is 6.61 Å². The third-order valence-electron chi connectivity index (χ3n) is 6.76. The number of nitriles is 1. The number of rotatable bonds is 5. The summed E-state index contributed by atoms with van der Waals surface area (Å²) in [5, 5.41) is 11.0. The fraction of sp³-hybridized carbons (Fsp3) is 0.233. The molecule has 1 saturated heterocycles. The first-order chi connectivity index (χ1) is 20.0. The van der Waals surface area contributed by atoms with Gasteiger partial charge in [-0.25, -0.2) is 4.79 Å². The number of guanidine groups is 1. The Kier molecular flexibility index (Phi) is 9.22. The number of likely N-dealkylation sites (tertiary alicyclic amines) is 1. The van der Waals surface area contributed by atoms with E-state index >= 15 is 0 Å². The number of carbonyl (C=O) groups excluding carboxylic acids is 3. The average molecular weight is 578 g/mol. The molecule has 216 valence electrons. The standard InChI is InChI=1S/C30H26F3N5O4/c31-30(32,33)25-16-23(26(39)36-28(35)37-29(41)42-18-20-4-2-1-3-5-20)10-11-24(25)21-12-14-38(15-13-21)27(40)22-8-6-19(17-34)7-9-22/h1-11,16,21H,12-15,18H2,(H3,35,36,37,39,41). The number of nitrogens with zero attached hydrogens (tertiary/aromatic N) is 3. The maximum absolute atomic E-state index is 14.1. The van der Waals surface area contributed by atoms with Crippen LogP contribution in [0.25, 0.3) is 0 Å². The highest BCUT2D eigenvalue weighted by atomic mass is 19.4. The second kappa shape index (κ2) is 13.0. The molecule has 0 bridgehead atoms. The van der Waals surface area contributed by atoms with Crippen LogP contribution in [0.3, 0.4) is 0 Å². The molecule has 1 heterocycles.